The highest BCUT2D eigenvalue weighted by molar-refractivity contribution is 5.91. The molecule has 0 radical (unpaired) electrons. The standard InChI is InChI=1S/C14H14N4O3/c19-14(7-9-1-5-11(6-2-9)18(20)21)15-13-8-12(16-17-13)10-3-4-10/h1-2,5-6,8,10H,3-4,7H2,(H2,15,16,17,19). The molecule has 108 valence electrons. The zero-order chi connectivity index (χ0) is 14.8. The molecule has 0 unspecified atom stereocenters. The summed E-state index contributed by atoms with van der Waals surface area (Å²) in [5.74, 6) is 0.874. The molecule has 1 aromatic heterocycles. The number of hydrogen-bond donors (Lipinski definition) is 2. The number of H-pyrrole nitrogens is 1. The summed E-state index contributed by atoms with van der Waals surface area (Å²) in [4.78, 5) is 22.0. The average Bonchev–Trinajstić information content (AvgIpc) is 3.20. The first-order chi connectivity index (χ1) is 10.1. The van der Waals surface area contributed by atoms with Gasteiger partial charge in [-0.1, -0.05) is 12.1 Å². The average molecular weight is 286 g/mol. The van der Waals surface area contributed by atoms with Crippen molar-refractivity contribution < 1.29 is 9.72 Å². The number of anilines is 1. The number of rotatable bonds is 5. The van der Waals surface area contributed by atoms with Crippen LogP contribution in [-0.4, -0.2) is 21.0 Å². The normalized spacial score (nSPS) is 13.9. The Hall–Kier alpha value is -2.70. The van der Waals surface area contributed by atoms with E-state index in [2.05, 4.69) is 15.5 Å². The molecule has 0 atom stereocenters. The highest BCUT2D eigenvalue weighted by atomic mass is 16.6. The molecular formula is C14H14N4O3. The van der Waals surface area contributed by atoms with Gasteiger partial charge in [0.15, 0.2) is 5.82 Å². The van der Waals surface area contributed by atoms with Gasteiger partial charge in [0.05, 0.1) is 11.3 Å². The Balaban J connectivity index is 1.58. The number of carbonyl (C=O) groups excluding carboxylic acids is 1. The van der Waals surface area contributed by atoms with Crippen LogP contribution in [0, 0.1) is 10.1 Å². The van der Waals surface area contributed by atoms with Gasteiger partial charge in [-0.05, 0) is 18.4 Å². The van der Waals surface area contributed by atoms with Gasteiger partial charge in [-0.15, -0.1) is 0 Å². The summed E-state index contributed by atoms with van der Waals surface area (Å²) in [5.41, 5.74) is 1.79. The summed E-state index contributed by atoms with van der Waals surface area (Å²) in [7, 11) is 0. The van der Waals surface area contributed by atoms with Crippen LogP contribution < -0.4 is 5.32 Å². The number of aromatic amines is 1. The predicted octanol–water partition coefficient (Wildman–Crippen LogP) is 2.38. The molecule has 1 amide bonds. The summed E-state index contributed by atoms with van der Waals surface area (Å²) in [6.45, 7) is 0. The number of nitrogens with one attached hydrogen (secondary N) is 2. The van der Waals surface area contributed by atoms with Crippen molar-refractivity contribution in [1.29, 1.82) is 0 Å². The second-order valence-electron chi connectivity index (χ2n) is 5.13. The molecule has 0 bridgehead atoms. The van der Waals surface area contributed by atoms with Crippen LogP contribution in [0.3, 0.4) is 0 Å². The van der Waals surface area contributed by atoms with Crippen molar-refractivity contribution in [2.24, 2.45) is 0 Å². The Morgan fingerprint density at radius 2 is 2.10 bits per heavy atom. The maximum absolute atomic E-state index is 11.9. The number of hydrogen-bond acceptors (Lipinski definition) is 4. The molecule has 0 saturated heterocycles. The van der Waals surface area contributed by atoms with Crippen LogP contribution in [0.5, 0.6) is 0 Å². The van der Waals surface area contributed by atoms with Gasteiger partial charge in [-0.3, -0.25) is 20.0 Å². The van der Waals surface area contributed by atoms with Crippen molar-refractivity contribution in [1.82, 2.24) is 10.2 Å². The van der Waals surface area contributed by atoms with Gasteiger partial charge in [0.25, 0.3) is 5.69 Å². The summed E-state index contributed by atoms with van der Waals surface area (Å²) in [6.07, 6.45) is 2.49. The minimum atomic E-state index is -0.465. The molecule has 0 aliphatic heterocycles. The molecule has 1 saturated carbocycles. The summed E-state index contributed by atoms with van der Waals surface area (Å²) >= 11 is 0. The van der Waals surface area contributed by atoms with Crippen molar-refractivity contribution >= 4 is 17.4 Å². The minimum absolute atomic E-state index is 0.0144. The monoisotopic (exact) mass is 286 g/mol. The third-order valence-electron chi connectivity index (χ3n) is 3.39. The Labute approximate surface area is 120 Å². The van der Waals surface area contributed by atoms with Crippen molar-refractivity contribution in [2.45, 2.75) is 25.2 Å². The molecule has 2 N–H and O–H groups in total. The quantitative estimate of drug-likeness (QED) is 0.650. The lowest BCUT2D eigenvalue weighted by Gasteiger charge is -2.01. The number of carbonyl (C=O) groups is 1. The molecule has 1 aliphatic rings. The molecule has 1 heterocycles. The van der Waals surface area contributed by atoms with Crippen LogP contribution in [0.25, 0.3) is 0 Å². The largest absolute Gasteiger partial charge is 0.309 e. The number of amides is 1. The minimum Gasteiger partial charge on any atom is -0.309 e. The van der Waals surface area contributed by atoms with Gasteiger partial charge in [-0.2, -0.15) is 5.10 Å². The third-order valence-corrected chi connectivity index (χ3v) is 3.39. The fraction of sp³-hybridized carbons (Fsp3) is 0.286. The maximum Gasteiger partial charge on any atom is 0.269 e. The second kappa shape index (κ2) is 5.35. The van der Waals surface area contributed by atoms with E-state index in [1.54, 1.807) is 12.1 Å². The van der Waals surface area contributed by atoms with Crippen LogP contribution in [0.2, 0.25) is 0 Å². The van der Waals surface area contributed by atoms with E-state index < -0.39 is 4.92 Å². The van der Waals surface area contributed by atoms with Gasteiger partial charge in [0, 0.05) is 29.8 Å². The first kappa shape index (κ1) is 13.3. The smallest absolute Gasteiger partial charge is 0.269 e. The van der Waals surface area contributed by atoms with Crippen LogP contribution in [0.4, 0.5) is 11.5 Å². The van der Waals surface area contributed by atoms with E-state index in [0.29, 0.717) is 11.7 Å². The Morgan fingerprint density at radius 3 is 2.71 bits per heavy atom. The number of non-ortho nitro benzene ring substituents is 1. The first-order valence-corrected chi connectivity index (χ1v) is 6.70. The molecule has 21 heavy (non-hydrogen) atoms. The second-order valence-corrected chi connectivity index (χ2v) is 5.13. The number of nitro groups is 1. The predicted molar refractivity (Wildman–Crippen MR) is 76.0 cm³/mol. The lowest BCUT2D eigenvalue weighted by atomic mass is 10.1. The molecule has 7 heteroatoms. The highest BCUT2D eigenvalue weighted by Gasteiger charge is 2.25. The maximum atomic E-state index is 11.9. The van der Waals surface area contributed by atoms with E-state index in [0.717, 1.165) is 11.3 Å². The van der Waals surface area contributed by atoms with E-state index in [1.807, 2.05) is 6.07 Å². The summed E-state index contributed by atoms with van der Waals surface area (Å²) in [6, 6.07) is 7.80. The SMILES string of the molecule is O=C(Cc1ccc([N+](=O)[O-])cc1)Nc1cc(C2CC2)[nH]n1. The number of benzene rings is 1. The van der Waals surface area contributed by atoms with E-state index in [-0.39, 0.29) is 18.0 Å². The molecule has 0 spiro atoms. The number of nitrogens with zero attached hydrogens (tertiary/aromatic N) is 2. The van der Waals surface area contributed by atoms with Crippen LogP contribution >= 0.6 is 0 Å². The van der Waals surface area contributed by atoms with Gasteiger partial charge in [0.1, 0.15) is 0 Å². The van der Waals surface area contributed by atoms with Gasteiger partial charge in [-0.25, -0.2) is 0 Å². The van der Waals surface area contributed by atoms with Crippen molar-refractivity contribution in [2.75, 3.05) is 5.32 Å². The van der Waals surface area contributed by atoms with Gasteiger partial charge < -0.3 is 5.32 Å². The molecule has 7 nitrogen and oxygen atoms in total. The lowest BCUT2D eigenvalue weighted by molar-refractivity contribution is -0.384. The van der Waals surface area contributed by atoms with Crippen LogP contribution in [0.1, 0.15) is 30.0 Å². The molecule has 1 aliphatic carbocycles. The van der Waals surface area contributed by atoms with E-state index in [9.17, 15) is 14.9 Å². The highest BCUT2D eigenvalue weighted by Crippen LogP contribution is 2.39. The molecule has 1 fully saturated rings. The van der Waals surface area contributed by atoms with Crippen LogP contribution in [0.15, 0.2) is 30.3 Å². The van der Waals surface area contributed by atoms with E-state index in [4.69, 9.17) is 0 Å². The number of nitro benzene ring substituents is 1. The Morgan fingerprint density at radius 1 is 1.38 bits per heavy atom. The third kappa shape index (κ3) is 3.25. The van der Waals surface area contributed by atoms with E-state index in [1.165, 1.54) is 25.0 Å². The fourth-order valence-corrected chi connectivity index (χ4v) is 2.11. The van der Waals surface area contributed by atoms with Crippen molar-refractivity contribution in [3.05, 3.63) is 51.7 Å². The summed E-state index contributed by atoms with van der Waals surface area (Å²) < 4.78 is 0. The van der Waals surface area contributed by atoms with Crippen LogP contribution in [-0.2, 0) is 11.2 Å². The first-order valence-electron chi connectivity index (χ1n) is 6.70. The van der Waals surface area contributed by atoms with E-state index >= 15 is 0 Å². The molecule has 2 aromatic rings. The zero-order valence-electron chi connectivity index (χ0n) is 11.2. The van der Waals surface area contributed by atoms with Gasteiger partial charge >= 0.3 is 0 Å². The zero-order valence-corrected chi connectivity index (χ0v) is 11.2. The topological polar surface area (TPSA) is 101 Å². The number of aromatic nitrogens is 2. The Bertz CT molecular complexity index is 674. The van der Waals surface area contributed by atoms with Crippen molar-refractivity contribution in [3.63, 3.8) is 0 Å². The molecule has 3 rings (SSSR count). The summed E-state index contributed by atoms with van der Waals surface area (Å²) in [5, 5.41) is 20.2. The Kier molecular flexibility index (Phi) is 3.39. The van der Waals surface area contributed by atoms with Gasteiger partial charge in [0.2, 0.25) is 5.91 Å². The lowest BCUT2D eigenvalue weighted by Crippen LogP contribution is -2.14. The fourth-order valence-electron chi connectivity index (χ4n) is 2.11. The molecule has 1 aromatic carbocycles. The molecular weight excluding hydrogens is 272 g/mol. The van der Waals surface area contributed by atoms with Crippen molar-refractivity contribution in [3.8, 4) is 0 Å².